The van der Waals surface area contributed by atoms with Gasteiger partial charge < -0.3 is 4.43 Å². The monoisotopic (exact) mass is 244 g/mol. The summed E-state index contributed by atoms with van der Waals surface area (Å²) in [5, 5.41) is 0. The Kier molecular flexibility index (Phi) is 5.74. The summed E-state index contributed by atoms with van der Waals surface area (Å²) in [5.74, 6) is 0. The minimum absolute atomic E-state index is 0.339. The van der Waals surface area contributed by atoms with E-state index in [1.165, 1.54) is 19.3 Å². The van der Waals surface area contributed by atoms with Gasteiger partial charge in [-0.25, -0.2) is 0 Å². The van der Waals surface area contributed by atoms with Gasteiger partial charge >= 0.3 is 0 Å². The zero-order valence-corrected chi connectivity index (χ0v) is 13.7. The van der Waals surface area contributed by atoms with Gasteiger partial charge in [-0.05, 0) is 43.3 Å². The Morgan fingerprint density at radius 1 is 0.875 bits per heavy atom. The summed E-state index contributed by atoms with van der Waals surface area (Å²) >= 11 is 0. The zero-order chi connectivity index (χ0) is 13.0. The third-order valence-electron chi connectivity index (χ3n) is 2.68. The summed E-state index contributed by atoms with van der Waals surface area (Å²) in [6.45, 7) is 19.3. The molecule has 0 heterocycles. The predicted octanol–water partition coefficient (Wildman–Crippen LogP) is 5.08. The molecule has 0 bridgehead atoms. The summed E-state index contributed by atoms with van der Waals surface area (Å²) in [7, 11) is -1.34. The second-order valence-corrected chi connectivity index (χ2v) is 12.5. The van der Waals surface area contributed by atoms with Crippen LogP contribution in [0.3, 0.4) is 0 Å². The first kappa shape index (κ1) is 16.2. The molecule has 0 atom stereocenters. The average molecular weight is 244 g/mol. The molecule has 1 nitrogen and oxygen atoms in total. The molecule has 0 aromatic carbocycles. The molecule has 98 valence electrons. The highest BCUT2D eigenvalue weighted by molar-refractivity contribution is 6.69. The molecule has 0 aliphatic heterocycles. The molecule has 0 aliphatic carbocycles. The van der Waals surface area contributed by atoms with Crippen molar-refractivity contribution in [1.82, 2.24) is 0 Å². The van der Waals surface area contributed by atoms with Crippen LogP contribution in [0, 0.1) is 10.8 Å². The molecule has 0 rings (SSSR count). The second-order valence-electron chi connectivity index (χ2n) is 7.98. The van der Waals surface area contributed by atoms with Crippen molar-refractivity contribution >= 4 is 8.32 Å². The Balaban J connectivity index is 3.88. The third kappa shape index (κ3) is 10.7. The molecule has 2 heteroatoms. The van der Waals surface area contributed by atoms with Gasteiger partial charge in [-0.3, -0.25) is 0 Å². The van der Waals surface area contributed by atoms with E-state index in [0.29, 0.717) is 10.8 Å². The van der Waals surface area contributed by atoms with Crippen LogP contribution >= 0.6 is 0 Å². The van der Waals surface area contributed by atoms with Crippen molar-refractivity contribution in [3.05, 3.63) is 0 Å². The normalized spacial score (nSPS) is 14.2. The molecule has 0 saturated carbocycles. The van der Waals surface area contributed by atoms with Crippen LogP contribution in [-0.2, 0) is 4.43 Å². The van der Waals surface area contributed by atoms with Crippen LogP contribution < -0.4 is 0 Å². The zero-order valence-electron chi connectivity index (χ0n) is 12.7. The van der Waals surface area contributed by atoms with E-state index in [4.69, 9.17) is 4.43 Å². The molecular weight excluding hydrogens is 212 g/mol. The van der Waals surface area contributed by atoms with Crippen LogP contribution in [0.15, 0.2) is 0 Å². The van der Waals surface area contributed by atoms with Gasteiger partial charge in [0, 0.05) is 6.61 Å². The van der Waals surface area contributed by atoms with Crippen LogP contribution in [0.2, 0.25) is 19.6 Å². The summed E-state index contributed by atoms with van der Waals surface area (Å²) < 4.78 is 6.02. The quantitative estimate of drug-likeness (QED) is 0.592. The maximum atomic E-state index is 6.02. The first-order valence-electron chi connectivity index (χ1n) is 6.55. The highest BCUT2D eigenvalue weighted by atomic mass is 28.4. The number of hydrogen-bond acceptors (Lipinski definition) is 1. The SMILES string of the molecule is CC(C)(C)CCCC(C)(C)CO[Si](C)(C)C. The molecule has 0 amide bonds. The third-order valence-corrected chi connectivity index (χ3v) is 3.69. The minimum atomic E-state index is -1.34. The first-order chi connectivity index (χ1) is 6.91. The van der Waals surface area contributed by atoms with E-state index in [0.717, 1.165) is 6.61 Å². The van der Waals surface area contributed by atoms with Crippen molar-refractivity contribution in [3.63, 3.8) is 0 Å². The molecule has 0 saturated heterocycles. The summed E-state index contributed by atoms with van der Waals surface area (Å²) in [6, 6.07) is 0. The van der Waals surface area contributed by atoms with Gasteiger partial charge in [-0.2, -0.15) is 0 Å². The van der Waals surface area contributed by atoms with E-state index >= 15 is 0 Å². The van der Waals surface area contributed by atoms with Crippen molar-refractivity contribution in [1.29, 1.82) is 0 Å². The lowest BCUT2D eigenvalue weighted by Crippen LogP contribution is -2.32. The van der Waals surface area contributed by atoms with Gasteiger partial charge in [0.1, 0.15) is 0 Å². The topological polar surface area (TPSA) is 9.23 Å². The fourth-order valence-electron chi connectivity index (χ4n) is 1.58. The standard InChI is InChI=1S/C14H32OSi/c1-13(2,3)10-9-11-14(4,5)12-15-16(6,7)8/h9-12H2,1-8H3. The van der Waals surface area contributed by atoms with Gasteiger partial charge in [0.2, 0.25) is 0 Å². The molecule has 0 spiro atoms. The molecule has 0 radical (unpaired) electrons. The van der Waals surface area contributed by atoms with Crippen molar-refractivity contribution in [2.75, 3.05) is 6.61 Å². The highest BCUT2D eigenvalue weighted by Gasteiger charge is 2.23. The minimum Gasteiger partial charge on any atom is -0.417 e. The molecule has 0 fully saturated rings. The smallest absolute Gasteiger partial charge is 0.183 e. The Hall–Kier alpha value is 0.177. The van der Waals surface area contributed by atoms with Crippen molar-refractivity contribution in [3.8, 4) is 0 Å². The van der Waals surface area contributed by atoms with Crippen molar-refractivity contribution in [2.24, 2.45) is 10.8 Å². The maximum Gasteiger partial charge on any atom is 0.183 e. The van der Waals surface area contributed by atoms with Crippen LogP contribution in [0.4, 0.5) is 0 Å². The maximum absolute atomic E-state index is 6.02. The molecular formula is C14H32OSi. The van der Waals surface area contributed by atoms with E-state index in [-0.39, 0.29) is 0 Å². The van der Waals surface area contributed by atoms with E-state index < -0.39 is 8.32 Å². The highest BCUT2D eigenvalue weighted by Crippen LogP contribution is 2.29. The average Bonchev–Trinajstić information content (AvgIpc) is 1.97. The summed E-state index contributed by atoms with van der Waals surface area (Å²) in [5.41, 5.74) is 0.807. The van der Waals surface area contributed by atoms with E-state index in [1.807, 2.05) is 0 Å². The fourth-order valence-corrected chi connectivity index (χ4v) is 2.41. The van der Waals surface area contributed by atoms with Gasteiger partial charge in [0.15, 0.2) is 8.32 Å². The molecule has 0 aromatic rings. The van der Waals surface area contributed by atoms with Gasteiger partial charge in [0.05, 0.1) is 0 Å². The predicted molar refractivity (Wildman–Crippen MR) is 76.4 cm³/mol. The Morgan fingerprint density at radius 3 is 1.75 bits per heavy atom. The summed E-state index contributed by atoms with van der Waals surface area (Å²) in [4.78, 5) is 0. The first-order valence-corrected chi connectivity index (χ1v) is 9.96. The van der Waals surface area contributed by atoms with Crippen LogP contribution in [-0.4, -0.2) is 14.9 Å². The Labute approximate surface area is 104 Å². The van der Waals surface area contributed by atoms with E-state index in [2.05, 4.69) is 54.3 Å². The summed E-state index contributed by atoms with van der Waals surface area (Å²) in [6.07, 6.45) is 3.89. The largest absolute Gasteiger partial charge is 0.417 e. The van der Waals surface area contributed by atoms with E-state index in [9.17, 15) is 0 Å². The van der Waals surface area contributed by atoms with Gasteiger partial charge in [-0.1, -0.05) is 41.0 Å². The van der Waals surface area contributed by atoms with Crippen LogP contribution in [0.5, 0.6) is 0 Å². The van der Waals surface area contributed by atoms with Gasteiger partial charge in [0.25, 0.3) is 0 Å². The van der Waals surface area contributed by atoms with Gasteiger partial charge in [-0.15, -0.1) is 0 Å². The molecule has 0 unspecified atom stereocenters. The van der Waals surface area contributed by atoms with Crippen LogP contribution in [0.1, 0.15) is 53.9 Å². The lowest BCUT2D eigenvalue weighted by atomic mass is 9.83. The number of hydrogen-bond donors (Lipinski definition) is 0. The number of rotatable bonds is 6. The molecule has 0 aromatic heterocycles. The lowest BCUT2D eigenvalue weighted by Gasteiger charge is -2.30. The molecule has 0 N–H and O–H groups in total. The lowest BCUT2D eigenvalue weighted by molar-refractivity contribution is 0.155. The molecule has 16 heavy (non-hydrogen) atoms. The van der Waals surface area contributed by atoms with Crippen LogP contribution in [0.25, 0.3) is 0 Å². The van der Waals surface area contributed by atoms with Crippen molar-refractivity contribution < 1.29 is 4.43 Å². The van der Waals surface area contributed by atoms with E-state index in [1.54, 1.807) is 0 Å². The Morgan fingerprint density at radius 2 is 1.38 bits per heavy atom. The second kappa shape index (κ2) is 5.68. The molecule has 0 aliphatic rings. The fraction of sp³-hybridized carbons (Fsp3) is 1.00. The Bertz CT molecular complexity index is 196. The van der Waals surface area contributed by atoms with Crippen molar-refractivity contribution in [2.45, 2.75) is 73.5 Å².